The Morgan fingerprint density at radius 1 is 1.22 bits per heavy atom. The first-order chi connectivity index (χ1) is 8.59. The number of aryl methyl sites for hydroxylation is 1. The van der Waals surface area contributed by atoms with E-state index in [-0.39, 0.29) is 11.7 Å². The molecule has 0 radical (unpaired) electrons. The summed E-state index contributed by atoms with van der Waals surface area (Å²) in [6.07, 6.45) is 3.24. The standard InChI is InChI=1S/C14H14N2O2/c1-10-3-4-12(13(17)9-10)14(18)16(2)11-5-7-15-8-6-11/h3-9,17H,1-2H3. The molecule has 0 atom stereocenters. The van der Waals surface area contributed by atoms with Crippen LogP contribution in [0.25, 0.3) is 0 Å². The maximum atomic E-state index is 12.2. The zero-order chi connectivity index (χ0) is 13.1. The molecule has 0 unspecified atom stereocenters. The average Bonchev–Trinajstić information content (AvgIpc) is 2.38. The van der Waals surface area contributed by atoms with Gasteiger partial charge in [0.1, 0.15) is 5.75 Å². The van der Waals surface area contributed by atoms with Crippen molar-refractivity contribution in [3.63, 3.8) is 0 Å². The van der Waals surface area contributed by atoms with Gasteiger partial charge in [-0.25, -0.2) is 0 Å². The Morgan fingerprint density at radius 2 is 1.89 bits per heavy atom. The molecule has 1 heterocycles. The van der Waals surface area contributed by atoms with Crippen molar-refractivity contribution in [2.24, 2.45) is 0 Å². The summed E-state index contributed by atoms with van der Waals surface area (Å²) in [5.41, 5.74) is 1.94. The molecule has 0 aliphatic heterocycles. The van der Waals surface area contributed by atoms with Crippen molar-refractivity contribution >= 4 is 11.6 Å². The van der Waals surface area contributed by atoms with E-state index in [0.29, 0.717) is 5.56 Å². The number of aromatic hydroxyl groups is 1. The van der Waals surface area contributed by atoms with E-state index in [1.54, 1.807) is 49.8 Å². The fourth-order valence-electron chi connectivity index (χ4n) is 1.69. The van der Waals surface area contributed by atoms with Gasteiger partial charge in [0, 0.05) is 25.1 Å². The van der Waals surface area contributed by atoms with E-state index in [1.807, 2.05) is 6.92 Å². The summed E-state index contributed by atoms with van der Waals surface area (Å²) in [4.78, 5) is 17.6. The minimum atomic E-state index is -0.251. The molecule has 1 aromatic carbocycles. The second kappa shape index (κ2) is 4.87. The van der Waals surface area contributed by atoms with E-state index in [0.717, 1.165) is 11.3 Å². The highest BCUT2D eigenvalue weighted by atomic mass is 16.3. The molecule has 0 bridgehead atoms. The lowest BCUT2D eigenvalue weighted by Gasteiger charge is -2.17. The Kier molecular flexibility index (Phi) is 3.28. The van der Waals surface area contributed by atoms with Gasteiger partial charge in [-0.05, 0) is 36.8 Å². The molecule has 1 amide bonds. The van der Waals surface area contributed by atoms with Gasteiger partial charge < -0.3 is 10.0 Å². The van der Waals surface area contributed by atoms with E-state index in [4.69, 9.17) is 0 Å². The zero-order valence-corrected chi connectivity index (χ0v) is 10.3. The molecule has 0 saturated heterocycles. The van der Waals surface area contributed by atoms with Crippen LogP contribution in [0, 0.1) is 6.92 Å². The van der Waals surface area contributed by atoms with E-state index in [1.165, 1.54) is 4.90 Å². The summed E-state index contributed by atoms with van der Waals surface area (Å²) in [6.45, 7) is 1.86. The summed E-state index contributed by atoms with van der Waals surface area (Å²) < 4.78 is 0. The Bertz CT molecular complexity index is 567. The van der Waals surface area contributed by atoms with Crippen LogP contribution in [0.3, 0.4) is 0 Å². The first kappa shape index (κ1) is 12.1. The van der Waals surface area contributed by atoms with Crippen molar-refractivity contribution in [3.8, 4) is 5.75 Å². The molecule has 2 aromatic rings. The molecule has 0 fully saturated rings. The number of amides is 1. The van der Waals surface area contributed by atoms with Gasteiger partial charge in [0.25, 0.3) is 5.91 Å². The molecule has 1 N–H and O–H groups in total. The van der Waals surface area contributed by atoms with Crippen LogP contribution in [0.2, 0.25) is 0 Å². The lowest BCUT2D eigenvalue weighted by atomic mass is 10.1. The van der Waals surface area contributed by atoms with Gasteiger partial charge in [-0.3, -0.25) is 9.78 Å². The van der Waals surface area contributed by atoms with Crippen LogP contribution in [0.4, 0.5) is 5.69 Å². The molecule has 2 rings (SSSR count). The molecule has 0 aliphatic carbocycles. The van der Waals surface area contributed by atoms with Gasteiger partial charge in [-0.1, -0.05) is 6.07 Å². The van der Waals surface area contributed by atoms with Crippen LogP contribution >= 0.6 is 0 Å². The highest BCUT2D eigenvalue weighted by Gasteiger charge is 2.16. The van der Waals surface area contributed by atoms with E-state index in [2.05, 4.69) is 4.98 Å². The minimum Gasteiger partial charge on any atom is -0.507 e. The van der Waals surface area contributed by atoms with Gasteiger partial charge in [0.05, 0.1) is 5.56 Å². The number of pyridine rings is 1. The van der Waals surface area contributed by atoms with Crippen LogP contribution < -0.4 is 4.90 Å². The number of phenols is 1. The van der Waals surface area contributed by atoms with E-state index in [9.17, 15) is 9.90 Å². The van der Waals surface area contributed by atoms with Crippen LogP contribution in [0.15, 0.2) is 42.7 Å². The monoisotopic (exact) mass is 242 g/mol. The molecule has 0 aliphatic rings. The first-order valence-corrected chi connectivity index (χ1v) is 5.57. The third-order valence-corrected chi connectivity index (χ3v) is 2.74. The normalized spacial score (nSPS) is 10.1. The van der Waals surface area contributed by atoms with Crippen molar-refractivity contribution in [2.45, 2.75) is 6.92 Å². The van der Waals surface area contributed by atoms with Crippen LogP contribution in [-0.2, 0) is 0 Å². The third kappa shape index (κ3) is 2.32. The maximum absolute atomic E-state index is 12.2. The first-order valence-electron chi connectivity index (χ1n) is 5.57. The number of phenolic OH excluding ortho intramolecular Hbond substituents is 1. The minimum absolute atomic E-state index is 0.000839. The van der Waals surface area contributed by atoms with E-state index >= 15 is 0 Å². The lowest BCUT2D eigenvalue weighted by molar-refractivity contribution is 0.0990. The SMILES string of the molecule is Cc1ccc(C(=O)N(C)c2ccncc2)c(O)c1. The number of benzene rings is 1. The van der Waals surface area contributed by atoms with Gasteiger partial charge in [-0.15, -0.1) is 0 Å². The van der Waals surface area contributed by atoms with Crippen molar-refractivity contribution in [2.75, 3.05) is 11.9 Å². The van der Waals surface area contributed by atoms with Crippen molar-refractivity contribution < 1.29 is 9.90 Å². The average molecular weight is 242 g/mol. The van der Waals surface area contributed by atoms with Crippen LogP contribution in [0.1, 0.15) is 15.9 Å². The number of carbonyl (C=O) groups excluding carboxylic acids is 1. The predicted octanol–water partition coefficient (Wildman–Crippen LogP) is 2.37. The highest BCUT2D eigenvalue weighted by molar-refractivity contribution is 6.07. The van der Waals surface area contributed by atoms with Crippen LogP contribution in [-0.4, -0.2) is 23.0 Å². The summed E-state index contributed by atoms with van der Waals surface area (Å²) in [7, 11) is 1.66. The second-order valence-corrected chi connectivity index (χ2v) is 4.09. The topological polar surface area (TPSA) is 53.4 Å². The number of hydrogen-bond donors (Lipinski definition) is 1. The zero-order valence-electron chi connectivity index (χ0n) is 10.3. The fraction of sp³-hybridized carbons (Fsp3) is 0.143. The van der Waals surface area contributed by atoms with Gasteiger partial charge >= 0.3 is 0 Å². The molecular weight excluding hydrogens is 228 g/mol. The molecule has 1 aromatic heterocycles. The van der Waals surface area contributed by atoms with E-state index < -0.39 is 0 Å². The van der Waals surface area contributed by atoms with Crippen molar-refractivity contribution in [1.29, 1.82) is 0 Å². The number of nitrogens with zero attached hydrogens (tertiary/aromatic N) is 2. The quantitative estimate of drug-likeness (QED) is 0.879. The molecule has 0 spiro atoms. The number of anilines is 1. The largest absolute Gasteiger partial charge is 0.507 e. The molecule has 0 saturated carbocycles. The number of hydrogen-bond acceptors (Lipinski definition) is 3. The van der Waals surface area contributed by atoms with Gasteiger partial charge in [0.2, 0.25) is 0 Å². The lowest BCUT2D eigenvalue weighted by Crippen LogP contribution is -2.26. The molecular formula is C14H14N2O2. The number of carbonyl (C=O) groups is 1. The highest BCUT2D eigenvalue weighted by Crippen LogP contribution is 2.22. The molecule has 92 valence electrons. The predicted molar refractivity (Wildman–Crippen MR) is 69.8 cm³/mol. The van der Waals surface area contributed by atoms with Gasteiger partial charge in [-0.2, -0.15) is 0 Å². The Hall–Kier alpha value is -2.36. The number of aromatic nitrogens is 1. The Morgan fingerprint density at radius 3 is 2.50 bits per heavy atom. The Balaban J connectivity index is 2.32. The maximum Gasteiger partial charge on any atom is 0.261 e. The Labute approximate surface area is 106 Å². The smallest absolute Gasteiger partial charge is 0.261 e. The van der Waals surface area contributed by atoms with Crippen LogP contribution in [0.5, 0.6) is 5.75 Å². The second-order valence-electron chi connectivity index (χ2n) is 4.09. The van der Waals surface area contributed by atoms with Crippen molar-refractivity contribution in [3.05, 3.63) is 53.9 Å². The summed E-state index contributed by atoms with van der Waals surface area (Å²) >= 11 is 0. The van der Waals surface area contributed by atoms with Gasteiger partial charge in [0.15, 0.2) is 0 Å². The summed E-state index contributed by atoms with van der Waals surface area (Å²) in [5, 5.41) is 9.80. The fourth-order valence-corrected chi connectivity index (χ4v) is 1.69. The number of rotatable bonds is 2. The summed E-state index contributed by atoms with van der Waals surface area (Å²) in [6, 6.07) is 8.48. The molecule has 18 heavy (non-hydrogen) atoms. The summed E-state index contributed by atoms with van der Waals surface area (Å²) in [5.74, 6) is -0.250. The van der Waals surface area contributed by atoms with Crippen molar-refractivity contribution in [1.82, 2.24) is 4.98 Å². The third-order valence-electron chi connectivity index (χ3n) is 2.74. The molecule has 4 heteroatoms. The molecule has 4 nitrogen and oxygen atoms in total.